The number of hydrogen-bond donors (Lipinski definition) is 4. The molecule has 0 aromatic rings. The minimum Gasteiger partial charge on any atom is -0.480 e. The molecule has 5 N–H and O–H groups in total. The van der Waals surface area contributed by atoms with Gasteiger partial charge in [0.15, 0.2) is 0 Å². The highest BCUT2D eigenvalue weighted by Gasteiger charge is 2.47. The predicted molar refractivity (Wildman–Crippen MR) is 68.9 cm³/mol. The average molecular weight is 301 g/mol. The number of rotatable bonds is 3. The van der Waals surface area contributed by atoms with E-state index in [1.807, 2.05) is 0 Å². The zero-order chi connectivity index (χ0) is 15.7. The highest BCUT2D eigenvalue weighted by molar-refractivity contribution is 5.92. The Balaban J connectivity index is 2.20. The third-order valence-electron chi connectivity index (χ3n) is 3.96. The SMILES string of the molecule is NCC(=O)N1CCC(O)[C@H]1C(=O)N1CC(O)C[C@H]1C(=O)O. The fourth-order valence-electron chi connectivity index (χ4n) is 2.93. The minimum absolute atomic E-state index is 0.0608. The van der Waals surface area contributed by atoms with Gasteiger partial charge in [0.2, 0.25) is 11.8 Å². The fraction of sp³-hybridized carbons (Fsp3) is 0.750. The van der Waals surface area contributed by atoms with Gasteiger partial charge in [0, 0.05) is 19.5 Å². The molecular weight excluding hydrogens is 282 g/mol. The lowest BCUT2D eigenvalue weighted by atomic mass is 10.1. The molecule has 2 unspecified atom stereocenters. The number of hydrogen-bond acceptors (Lipinski definition) is 6. The van der Waals surface area contributed by atoms with Gasteiger partial charge >= 0.3 is 5.97 Å². The van der Waals surface area contributed by atoms with E-state index in [1.54, 1.807) is 0 Å². The predicted octanol–water partition coefficient (Wildman–Crippen LogP) is -3.05. The van der Waals surface area contributed by atoms with Crippen molar-refractivity contribution in [2.45, 2.75) is 37.1 Å². The maximum atomic E-state index is 12.5. The molecule has 2 aliphatic rings. The second-order valence-electron chi connectivity index (χ2n) is 5.33. The molecule has 2 heterocycles. The lowest BCUT2D eigenvalue weighted by molar-refractivity contribution is -0.153. The van der Waals surface area contributed by atoms with Crippen molar-refractivity contribution in [3.8, 4) is 0 Å². The zero-order valence-electron chi connectivity index (χ0n) is 11.4. The van der Waals surface area contributed by atoms with Crippen LogP contribution in [0.3, 0.4) is 0 Å². The Morgan fingerprint density at radius 3 is 2.43 bits per heavy atom. The van der Waals surface area contributed by atoms with E-state index in [2.05, 4.69) is 0 Å². The van der Waals surface area contributed by atoms with Crippen LogP contribution in [0, 0.1) is 0 Å². The second kappa shape index (κ2) is 5.96. The van der Waals surface area contributed by atoms with Gasteiger partial charge in [-0.3, -0.25) is 9.59 Å². The first-order valence-corrected chi connectivity index (χ1v) is 6.75. The third kappa shape index (κ3) is 2.85. The second-order valence-corrected chi connectivity index (χ2v) is 5.33. The number of carbonyl (C=O) groups excluding carboxylic acids is 2. The summed E-state index contributed by atoms with van der Waals surface area (Å²) in [7, 11) is 0. The largest absolute Gasteiger partial charge is 0.480 e. The average Bonchev–Trinajstić information content (AvgIpc) is 3.00. The smallest absolute Gasteiger partial charge is 0.326 e. The molecule has 9 nitrogen and oxygen atoms in total. The minimum atomic E-state index is -1.22. The number of aliphatic hydroxyl groups is 2. The Morgan fingerprint density at radius 1 is 1.19 bits per heavy atom. The van der Waals surface area contributed by atoms with E-state index in [4.69, 9.17) is 10.8 Å². The van der Waals surface area contributed by atoms with Crippen LogP contribution in [0.15, 0.2) is 0 Å². The summed E-state index contributed by atoms with van der Waals surface area (Å²) in [6, 6.07) is -2.27. The summed E-state index contributed by atoms with van der Waals surface area (Å²) in [5, 5.41) is 28.6. The van der Waals surface area contributed by atoms with E-state index < -0.39 is 42.1 Å². The first-order valence-electron chi connectivity index (χ1n) is 6.75. The molecule has 0 aromatic carbocycles. The van der Waals surface area contributed by atoms with E-state index >= 15 is 0 Å². The molecule has 2 fully saturated rings. The quantitative estimate of drug-likeness (QED) is 0.433. The number of β-amino-alcohol motifs (C(OH)–C–C–N with tert-alkyl or cyclic N) is 1. The lowest BCUT2D eigenvalue weighted by Crippen LogP contribution is -2.55. The number of carboxylic acid groups (broad SMARTS) is 1. The number of amides is 2. The summed E-state index contributed by atoms with van der Waals surface area (Å²) in [6.07, 6.45) is -1.81. The van der Waals surface area contributed by atoms with Gasteiger partial charge in [-0.05, 0) is 6.42 Å². The van der Waals surface area contributed by atoms with Crippen LogP contribution >= 0.6 is 0 Å². The van der Waals surface area contributed by atoms with E-state index in [0.717, 1.165) is 4.90 Å². The third-order valence-corrected chi connectivity index (χ3v) is 3.96. The van der Waals surface area contributed by atoms with Crippen LogP contribution in [0.5, 0.6) is 0 Å². The molecule has 0 aliphatic carbocycles. The van der Waals surface area contributed by atoms with Crippen LogP contribution in [0.4, 0.5) is 0 Å². The summed E-state index contributed by atoms with van der Waals surface area (Å²) in [5.74, 6) is -2.36. The Bertz CT molecular complexity index is 456. The Hall–Kier alpha value is -1.71. The van der Waals surface area contributed by atoms with Crippen molar-refractivity contribution in [2.24, 2.45) is 5.73 Å². The Kier molecular flexibility index (Phi) is 4.45. The van der Waals surface area contributed by atoms with Crippen molar-refractivity contribution >= 4 is 17.8 Å². The van der Waals surface area contributed by atoms with Crippen molar-refractivity contribution in [1.82, 2.24) is 9.80 Å². The molecule has 2 rings (SSSR count). The van der Waals surface area contributed by atoms with Gasteiger partial charge in [-0.15, -0.1) is 0 Å². The number of nitrogens with zero attached hydrogens (tertiary/aromatic N) is 2. The molecule has 0 bridgehead atoms. The molecule has 0 aromatic heterocycles. The summed E-state index contributed by atoms with van der Waals surface area (Å²) < 4.78 is 0. The first-order chi connectivity index (χ1) is 9.86. The normalized spacial score (nSPS) is 32.5. The summed E-state index contributed by atoms with van der Waals surface area (Å²) in [4.78, 5) is 37.6. The van der Waals surface area contributed by atoms with Crippen LogP contribution < -0.4 is 5.73 Å². The standard InChI is InChI=1S/C12H19N3O6/c13-4-9(18)14-2-1-8(17)10(14)11(19)15-5-6(16)3-7(15)12(20)21/h6-8,10,16-17H,1-5,13H2,(H,20,21)/t6?,7-,8?,10-/m0/s1. The highest BCUT2D eigenvalue weighted by atomic mass is 16.4. The first kappa shape index (κ1) is 15.7. The number of nitrogens with two attached hydrogens (primary N) is 1. The van der Waals surface area contributed by atoms with Crippen molar-refractivity contribution < 1.29 is 29.7 Å². The van der Waals surface area contributed by atoms with Gasteiger partial charge in [0.1, 0.15) is 12.1 Å². The molecular formula is C12H19N3O6. The van der Waals surface area contributed by atoms with Crippen molar-refractivity contribution in [3.63, 3.8) is 0 Å². The number of carboxylic acids is 1. The molecule has 118 valence electrons. The number of aliphatic hydroxyl groups excluding tert-OH is 2. The maximum Gasteiger partial charge on any atom is 0.326 e. The Labute approximate surface area is 120 Å². The molecule has 21 heavy (non-hydrogen) atoms. The zero-order valence-corrected chi connectivity index (χ0v) is 11.4. The molecule has 0 radical (unpaired) electrons. The van der Waals surface area contributed by atoms with Gasteiger partial charge in [0.05, 0.1) is 18.8 Å². The summed E-state index contributed by atoms with van der Waals surface area (Å²) in [5.41, 5.74) is 5.28. The van der Waals surface area contributed by atoms with E-state index in [1.165, 1.54) is 4.90 Å². The molecule has 0 saturated carbocycles. The molecule has 2 amide bonds. The van der Waals surface area contributed by atoms with Crippen LogP contribution in [0.25, 0.3) is 0 Å². The van der Waals surface area contributed by atoms with Crippen molar-refractivity contribution in [1.29, 1.82) is 0 Å². The van der Waals surface area contributed by atoms with Gasteiger partial charge in [-0.25, -0.2) is 4.79 Å². The highest BCUT2D eigenvalue weighted by Crippen LogP contribution is 2.25. The van der Waals surface area contributed by atoms with Crippen LogP contribution in [0.1, 0.15) is 12.8 Å². The Morgan fingerprint density at radius 2 is 1.86 bits per heavy atom. The van der Waals surface area contributed by atoms with Crippen LogP contribution in [-0.4, -0.2) is 86.8 Å². The number of carbonyl (C=O) groups is 3. The van der Waals surface area contributed by atoms with Gasteiger partial charge in [0.25, 0.3) is 0 Å². The molecule has 9 heteroatoms. The molecule has 2 saturated heterocycles. The number of likely N-dealkylation sites (tertiary alicyclic amines) is 2. The van der Waals surface area contributed by atoms with Crippen molar-refractivity contribution in [3.05, 3.63) is 0 Å². The maximum absolute atomic E-state index is 12.5. The number of aliphatic carboxylic acids is 1. The van der Waals surface area contributed by atoms with Gasteiger partial charge < -0.3 is 30.9 Å². The summed E-state index contributed by atoms with van der Waals surface area (Å²) >= 11 is 0. The topological polar surface area (TPSA) is 144 Å². The van der Waals surface area contributed by atoms with E-state index in [-0.39, 0.29) is 32.5 Å². The van der Waals surface area contributed by atoms with Gasteiger partial charge in [-0.2, -0.15) is 0 Å². The molecule has 4 atom stereocenters. The van der Waals surface area contributed by atoms with Crippen LogP contribution in [0.2, 0.25) is 0 Å². The van der Waals surface area contributed by atoms with E-state index in [9.17, 15) is 24.6 Å². The molecule has 0 spiro atoms. The van der Waals surface area contributed by atoms with Crippen LogP contribution in [-0.2, 0) is 14.4 Å². The van der Waals surface area contributed by atoms with E-state index in [0.29, 0.717) is 0 Å². The molecule has 2 aliphatic heterocycles. The van der Waals surface area contributed by atoms with Gasteiger partial charge in [-0.1, -0.05) is 0 Å². The fourth-order valence-corrected chi connectivity index (χ4v) is 2.93. The monoisotopic (exact) mass is 301 g/mol. The lowest BCUT2D eigenvalue weighted by Gasteiger charge is -2.30. The van der Waals surface area contributed by atoms with Crippen molar-refractivity contribution in [2.75, 3.05) is 19.6 Å². The summed E-state index contributed by atoms with van der Waals surface area (Å²) in [6.45, 7) is -0.215.